The van der Waals surface area contributed by atoms with Gasteiger partial charge >= 0.3 is 0 Å². The molecule has 0 saturated carbocycles. The molecule has 0 aliphatic heterocycles. The van der Waals surface area contributed by atoms with E-state index in [4.69, 9.17) is 5.73 Å². The summed E-state index contributed by atoms with van der Waals surface area (Å²) < 4.78 is 0. The summed E-state index contributed by atoms with van der Waals surface area (Å²) >= 11 is 3.69. The average molecular weight is 137 g/mol. The van der Waals surface area contributed by atoms with E-state index < -0.39 is 0 Å². The summed E-state index contributed by atoms with van der Waals surface area (Å²) in [4.78, 5) is 0. The Kier molecular flexibility index (Phi) is 7.29. The van der Waals surface area contributed by atoms with Gasteiger partial charge in [-0.1, -0.05) is 6.92 Å². The number of hydrogen-bond donors (Lipinski definition) is 1. The highest BCUT2D eigenvalue weighted by Gasteiger charge is 1.79. The Labute approximate surface area is 53.4 Å². The lowest BCUT2D eigenvalue weighted by molar-refractivity contribution is 1.40. The molecule has 0 aliphatic carbocycles. The van der Waals surface area contributed by atoms with Gasteiger partial charge in [-0.15, -0.1) is 11.8 Å². The second-order valence-electron chi connectivity index (χ2n) is 0.981. The largest absolute Gasteiger partial charge is 0.322 e. The smallest absolute Gasteiger partial charge is 0.0404 e. The molecule has 44 valence electrons. The van der Waals surface area contributed by atoms with Gasteiger partial charge in [-0.05, 0) is 5.75 Å². The Bertz CT molecular complexity index is 28.9. The second-order valence-corrected chi connectivity index (χ2v) is 3.65. The minimum Gasteiger partial charge on any atom is -0.322 e. The molecule has 0 unspecified atom stereocenters. The Hall–Kier alpha value is 0.660. The van der Waals surface area contributed by atoms with Crippen LogP contribution in [0.3, 0.4) is 0 Å². The third kappa shape index (κ3) is 6.66. The summed E-state index contributed by atoms with van der Waals surface area (Å²) in [6.07, 6.45) is 0. The summed E-state index contributed by atoms with van der Waals surface area (Å²) in [5.41, 5.74) is 5.22. The molecule has 0 atom stereocenters. The first-order chi connectivity index (χ1) is 3.41. The van der Waals surface area contributed by atoms with Crippen LogP contribution in [0.1, 0.15) is 6.92 Å². The Balaban J connectivity index is 2.45. The Morgan fingerprint density at radius 3 is 2.57 bits per heavy atom. The fourth-order valence-corrected chi connectivity index (χ4v) is 1.71. The molecular formula is C4H11NS2. The van der Waals surface area contributed by atoms with E-state index >= 15 is 0 Å². The van der Waals surface area contributed by atoms with Crippen molar-refractivity contribution in [1.82, 2.24) is 0 Å². The van der Waals surface area contributed by atoms with Gasteiger partial charge in [0, 0.05) is 11.0 Å². The fourth-order valence-electron chi connectivity index (χ4n) is 0.190. The standard InChI is InChI=1S/C4H11NS2/c1-2-6-4-7-3-5/h2-5H2,1H3. The first-order valence-corrected chi connectivity index (χ1v) is 4.58. The van der Waals surface area contributed by atoms with E-state index in [0.717, 1.165) is 11.0 Å². The maximum Gasteiger partial charge on any atom is 0.0404 e. The van der Waals surface area contributed by atoms with Gasteiger partial charge in [-0.25, -0.2) is 0 Å². The van der Waals surface area contributed by atoms with Crippen LogP contribution in [-0.4, -0.2) is 16.7 Å². The van der Waals surface area contributed by atoms with Crippen molar-refractivity contribution in [2.24, 2.45) is 5.73 Å². The molecule has 0 fully saturated rings. The third-order valence-corrected chi connectivity index (χ3v) is 2.47. The number of rotatable bonds is 4. The SMILES string of the molecule is CCSCSCN. The van der Waals surface area contributed by atoms with Gasteiger partial charge in [0.1, 0.15) is 0 Å². The molecule has 0 aromatic heterocycles. The second kappa shape index (κ2) is 6.66. The highest BCUT2D eigenvalue weighted by molar-refractivity contribution is 8.15. The molecule has 0 heterocycles. The van der Waals surface area contributed by atoms with E-state index in [-0.39, 0.29) is 0 Å². The lowest BCUT2D eigenvalue weighted by Crippen LogP contribution is -1.91. The Morgan fingerprint density at radius 1 is 1.43 bits per heavy atom. The van der Waals surface area contributed by atoms with Crippen LogP contribution in [0.25, 0.3) is 0 Å². The summed E-state index contributed by atoms with van der Waals surface area (Å²) in [5.74, 6) is 1.96. The molecule has 0 aliphatic rings. The molecule has 0 spiro atoms. The molecule has 7 heavy (non-hydrogen) atoms. The van der Waals surface area contributed by atoms with Crippen molar-refractivity contribution in [3.05, 3.63) is 0 Å². The predicted octanol–water partition coefficient (Wildman–Crippen LogP) is 1.35. The summed E-state index contributed by atoms with van der Waals surface area (Å²) in [5, 5.41) is 1.15. The van der Waals surface area contributed by atoms with Gasteiger partial charge in [-0.3, -0.25) is 0 Å². The zero-order valence-electron chi connectivity index (χ0n) is 4.52. The van der Waals surface area contributed by atoms with Crippen LogP contribution in [0.4, 0.5) is 0 Å². The normalized spacial score (nSPS) is 9.43. The quantitative estimate of drug-likeness (QED) is 0.468. The topological polar surface area (TPSA) is 26.0 Å². The van der Waals surface area contributed by atoms with Crippen LogP contribution < -0.4 is 5.73 Å². The van der Waals surface area contributed by atoms with Crippen molar-refractivity contribution in [3.8, 4) is 0 Å². The van der Waals surface area contributed by atoms with Gasteiger partial charge < -0.3 is 5.73 Å². The summed E-state index contributed by atoms with van der Waals surface area (Å²) in [6, 6.07) is 0. The van der Waals surface area contributed by atoms with Crippen molar-refractivity contribution in [2.75, 3.05) is 16.7 Å². The van der Waals surface area contributed by atoms with Crippen LogP contribution >= 0.6 is 23.5 Å². The molecule has 0 aromatic rings. The van der Waals surface area contributed by atoms with E-state index in [1.165, 1.54) is 5.75 Å². The molecule has 2 N–H and O–H groups in total. The van der Waals surface area contributed by atoms with Gasteiger partial charge in [-0.2, -0.15) is 11.8 Å². The van der Waals surface area contributed by atoms with Crippen LogP contribution in [0, 0.1) is 0 Å². The predicted molar refractivity (Wildman–Crippen MR) is 39.6 cm³/mol. The molecule has 0 aromatic carbocycles. The first kappa shape index (κ1) is 7.66. The van der Waals surface area contributed by atoms with Gasteiger partial charge in [0.25, 0.3) is 0 Å². The monoisotopic (exact) mass is 137 g/mol. The van der Waals surface area contributed by atoms with Crippen LogP contribution in [0.5, 0.6) is 0 Å². The van der Waals surface area contributed by atoms with E-state index in [0.29, 0.717) is 0 Å². The number of nitrogens with two attached hydrogens (primary N) is 1. The summed E-state index contributed by atoms with van der Waals surface area (Å²) in [6.45, 7) is 2.15. The lowest BCUT2D eigenvalue weighted by Gasteiger charge is -1.91. The van der Waals surface area contributed by atoms with Crippen molar-refractivity contribution >= 4 is 23.5 Å². The molecule has 0 radical (unpaired) electrons. The van der Waals surface area contributed by atoms with Crippen molar-refractivity contribution in [2.45, 2.75) is 6.92 Å². The van der Waals surface area contributed by atoms with E-state index in [9.17, 15) is 0 Å². The van der Waals surface area contributed by atoms with E-state index in [2.05, 4.69) is 6.92 Å². The Morgan fingerprint density at radius 2 is 2.14 bits per heavy atom. The van der Waals surface area contributed by atoms with Crippen LogP contribution in [0.2, 0.25) is 0 Å². The average Bonchev–Trinajstić information content (AvgIpc) is 1.69. The van der Waals surface area contributed by atoms with Gasteiger partial charge in [0.05, 0.1) is 0 Å². The molecule has 3 heteroatoms. The molecule has 0 saturated heterocycles. The molecule has 0 rings (SSSR count). The van der Waals surface area contributed by atoms with Gasteiger partial charge in [0.15, 0.2) is 0 Å². The highest BCUT2D eigenvalue weighted by atomic mass is 32.2. The zero-order valence-corrected chi connectivity index (χ0v) is 6.15. The third-order valence-electron chi connectivity index (χ3n) is 0.489. The van der Waals surface area contributed by atoms with E-state index in [1.54, 1.807) is 11.8 Å². The first-order valence-electron chi connectivity index (χ1n) is 2.27. The molecule has 0 amide bonds. The maximum absolute atomic E-state index is 5.22. The maximum atomic E-state index is 5.22. The number of thioether (sulfide) groups is 2. The van der Waals surface area contributed by atoms with Crippen LogP contribution in [-0.2, 0) is 0 Å². The fraction of sp³-hybridized carbons (Fsp3) is 1.00. The number of hydrogen-bond acceptors (Lipinski definition) is 3. The minimum atomic E-state index is 0.757. The molecule has 0 bridgehead atoms. The van der Waals surface area contributed by atoms with Crippen molar-refractivity contribution < 1.29 is 0 Å². The van der Waals surface area contributed by atoms with Crippen LogP contribution in [0.15, 0.2) is 0 Å². The molecule has 1 nitrogen and oxygen atoms in total. The molecular weight excluding hydrogens is 126 g/mol. The van der Waals surface area contributed by atoms with E-state index in [1.807, 2.05) is 11.8 Å². The lowest BCUT2D eigenvalue weighted by atomic mass is 11.0. The van der Waals surface area contributed by atoms with Crippen molar-refractivity contribution in [3.63, 3.8) is 0 Å². The zero-order chi connectivity index (χ0) is 5.54. The van der Waals surface area contributed by atoms with Gasteiger partial charge in [0.2, 0.25) is 0 Å². The highest BCUT2D eigenvalue weighted by Crippen LogP contribution is 2.07. The summed E-state index contributed by atoms with van der Waals surface area (Å²) in [7, 11) is 0. The minimum absolute atomic E-state index is 0.757. The van der Waals surface area contributed by atoms with Crippen molar-refractivity contribution in [1.29, 1.82) is 0 Å².